The smallest absolute Gasteiger partial charge is 0.436 e. The van der Waals surface area contributed by atoms with Crippen molar-refractivity contribution in [2.75, 3.05) is 13.7 Å². The van der Waals surface area contributed by atoms with Crippen LogP contribution in [0.4, 0.5) is 4.79 Å². The van der Waals surface area contributed by atoms with Crippen LogP contribution in [0.2, 0.25) is 0 Å². The minimum absolute atomic E-state index is 0.00522. The Morgan fingerprint density at radius 1 is 1.13 bits per heavy atom. The van der Waals surface area contributed by atoms with Gasteiger partial charge in [-0.25, -0.2) is 18.2 Å². The lowest BCUT2D eigenvalue weighted by atomic mass is 10.0. The number of benzene rings is 2. The van der Waals surface area contributed by atoms with Crippen LogP contribution in [0.25, 0.3) is 5.69 Å². The fraction of sp³-hybridized carbons (Fsp3) is 0.333. The number of hydrogen-bond donors (Lipinski definition) is 3. The van der Waals surface area contributed by atoms with Crippen LogP contribution in [0.15, 0.2) is 82.3 Å². The van der Waals surface area contributed by atoms with Crippen molar-refractivity contribution in [1.29, 1.82) is 0 Å². The molecule has 16 heteroatoms. The second kappa shape index (κ2) is 14.3. The van der Waals surface area contributed by atoms with Crippen molar-refractivity contribution in [1.82, 2.24) is 19.6 Å². The number of carbonyl (C=O) groups is 3. The predicted molar refractivity (Wildman–Crippen MR) is 167 cm³/mol. The van der Waals surface area contributed by atoms with Gasteiger partial charge in [0.05, 0.1) is 19.2 Å². The lowest BCUT2D eigenvalue weighted by Crippen LogP contribution is -2.49. The number of aliphatic imine (C=N–C) groups is 1. The van der Waals surface area contributed by atoms with Crippen LogP contribution in [-0.2, 0) is 33.9 Å². The van der Waals surface area contributed by atoms with E-state index in [1.54, 1.807) is 69.3 Å². The lowest BCUT2D eigenvalue weighted by molar-refractivity contribution is -0.142. The van der Waals surface area contributed by atoms with E-state index in [1.807, 2.05) is 6.07 Å². The maximum absolute atomic E-state index is 13.0. The summed E-state index contributed by atoms with van der Waals surface area (Å²) in [5.74, 6) is -1.40. The fourth-order valence-corrected chi connectivity index (χ4v) is 5.35. The van der Waals surface area contributed by atoms with Crippen LogP contribution in [0, 0.1) is 0 Å². The van der Waals surface area contributed by atoms with Gasteiger partial charge in [-0.15, -0.1) is 0 Å². The predicted octanol–water partition coefficient (Wildman–Crippen LogP) is 2.03. The third-order valence-electron chi connectivity index (χ3n) is 6.44. The van der Waals surface area contributed by atoms with Crippen molar-refractivity contribution in [3.63, 3.8) is 0 Å². The van der Waals surface area contributed by atoms with E-state index < -0.39 is 45.7 Å². The van der Waals surface area contributed by atoms with Gasteiger partial charge in [0.1, 0.15) is 29.9 Å². The molecule has 0 aliphatic carbocycles. The van der Waals surface area contributed by atoms with Crippen molar-refractivity contribution in [3.05, 3.63) is 78.2 Å². The molecule has 3 aromatic rings. The van der Waals surface area contributed by atoms with Crippen LogP contribution in [0.5, 0.6) is 0 Å². The number of para-hydroxylation sites is 1. The van der Waals surface area contributed by atoms with E-state index in [4.69, 9.17) is 20.0 Å². The van der Waals surface area contributed by atoms with E-state index in [1.165, 1.54) is 17.1 Å². The molecule has 244 valence electrons. The largest absolute Gasteiger partial charge is 0.468 e. The summed E-state index contributed by atoms with van der Waals surface area (Å²) in [5.41, 5.74) is 7.74. The van der Waals surface area contributed by atoms with Crippen molar-refractivity contribution < 1.29 is 37.1 Å². The maximum Gasteiger partial charge on any atom is 0.436 e. The van der Waals surface area contributed by atoms with Gasteiger partial charge in [-0.3, -0.25) is 9.59 Å². The number of ether oxygens (including phenoxy) is 2. The standard InChI is InChI=1S/C30H35N7O8S/c1-30(2,3)44-29(40)34-27(31)20-12-10-19(11-13-20)23-14-22(45-35-23)15-25(38)32-16-24(28(39)43-4)36-46(41,42)26-17-37(18-33-26)21-8-6-5-7-9-21/h5-13,17-18,22,24,36H,14-16H2,1-4H3,(H,32,38)(H2,31,34,40)/t22?,24-/m0/s1. The van der Waals surface area contributed by atoms with Crippen LogP contribution < -0.4 is 15.8 Å². The molecule has 1 unspecified atom stereocenters. The zero-order valence-corrected chi connectivity index (χ0v) is 26.5. The van der Waals surface area contributed by atoms with Crippen LogP contribution in [0.3, 0.4) is 0 Å². The Bertz CT molecular complexity index is 1730. The van der Waals surface area contributed by atoms with Crippen molar-refractivity contribution >= 4 is 39.5 Å². The minimum atomic E-state index is -4.25. The molecule has 2 amide bonds. The number of nitrogens with two attached hydrogens (primary N) is 1. The topological polar surface area (TPSA) is 206 Å². The quantitative estimate of drug-likeness (QED) is 0.156. The van der Waals surface area contributed by atoms with Gasteiger partial charge < -0.3 is 29.9 Å². The van der Waals surface area contributed by atoms with Crippen LogP contribution in [-0.4, -0.2) is 78.9 Å². The van der Waals surface area contributed by atoms with E-state index in [0.29, 0.717) is 28.9 Å². The number of carbonyl (C=O) groups excluding carboxylic acids is 3. The molecule has 0 saturated heterocycles. The zero-order valence-electron chi connectivity index (χ0n) is 25.7. The number of hydrogen-bond acceptors (Lipinski definition) is 10. The Morgan fingerprint density at radius 3 is 2.48 bits per heavy atom. The molecule has 4 rings (SSSR count). The van der Waals surface area contributed by atoms with Gasteiger partial charge in [0, 0.05) is 30.4 Å². The monoisotopic (exact) mass is 653 g/mol. The van der Waals surface area contributed by atoms with Crippen molar-refractivity contribution in [2.24, 2.45) is 15.9 Å². The Morgan fingerprint density at radius 2 is 1.83 bits per heavy atom. The molecule has 1 aliphatic heterocycles. The summed E-state index contributed by atoms with van der Waals surface area (Å²) in [5, 5.41) is 6.31. The highest BCUT2D eigenvalue weighted by Crippen LogP contribution is 2.20. The van der Waals surface area contributed by atoms with Gasteiger partial charge in [-0.2, -0.15) is 9.71 Å². The summed E-state index contributed by atoms with van der Waals surface area (Å²) < 4.78 is 39.6. The molecule has 0 saturated carbocycles. The molecule has 0 radical (unpaired) electrons. The third kappa shape index (κ3) is 9.21. The highest BCUT2D eigenvalue weighted by molar-refractivity contribution is 7.89. The number of methoxy groups -OCH3 is 1. The molecule has 2 atom stereocenters. The van der Waals surface area contributed by atoms with Gasteiger partial charge in [-0.05, 0) is 38.5 Å². The summed E-state index contributed by atoms with van der Waals surface area (Å²) in [4.78, 5) is 50.1. The fourth-order valence-electron chi connectivity index (χ4n) is 4.23. The molecule has 4 N–H and O–H groups in total. The number of nitrogens with one attached hydrogen (secondary N) is 2. The first kappa shape index (κ1) is 33.8. The maximum atomic E-state index is 13.0. The number of esters is 1. The van der Waals surface area contributed by atoms with Crippen LogP contribution in [0.1, 0.15) is 44.7 Å². The molecule has 1 aliphatic rings. The van der Waals surface area contributed by atoms with Gasteiger partial charge in [-0.1, -0.05) is 47.6 Å². The number of amidine groups is 1. The SMILES string of the molecule is COC(=O)[C@H](CNC(=O)CC1CC(c2ccc(/C(N)=N\C(=O)OC(C)(C)C)cc2)=NO1)NS(=O)(=O)c1cn(-c2ccccc2)cn1. The molecule has 0 bridgehead atoms. The minimum Gasteiger partial charge on any atom is -0.468 e. The molecule has 0 spiro atoms. The zero-order chi connectivity index (χ0) is 33.5. The van der Waals surface area contributed by atoms with E-state index in [9.17, 15) is 22.8 Å². The molecule has 46 heavy (non-hydrogen) atoms. The average Bonchev–Trinajstić information content (AvgIpc) is 3.69. The second-order valence-electron chi connectivity index (χ2n) is 11.2. The molecule has 0 fully saturated rings. The molecule has 2 heterocycles. The average molecular weight is 654 g/mol. The second-order valence-corrected chi connectivity index (χ2v) is 12.8. The van der Waals surface area contributed by atoms with Gasteiger partial charge >= 0.3 is 12.1 Å². The summed E-state index contributed by atoms with van der Waals surface area (Å²) in [6.07, 6.45) is 1.45. The van der Waals surface area contributed by atoms with Crippen molar-refractivity contribution in [2.45, 2.75) is 56.4 Å². The number of sulfonamides is 1. The first-order valence-corrected chi connectivity index (χ1v) is 15.6. The number of amides is 2. The van der Waals surface area contributed by atoms with Crippen LogP contribution >= 0.6 is 0 Å². The number of nitrogens with zero attached hydrogens (tertiary/aromatic N) is 4. The number of rotatable bonds is 11. The van der Waals surface area contributed by atoms with Gasteiger partial charge in [0.2, 0.25) is 5.91 Å². The van der Waals surface area contributed by atoms with E-state index in [2.05, 4.69) is 25.2 Å². The van der Waals surface area contributed by atoms with E-state index in [-0.39, 0.29) is 23.8 Å². The summed E-state index contributed by atoms with van der Waals surface area (Å²) in [6, 6.07) is 14.3. The lowest BCUT2D eigenvalue weighted by Gasteiger charge is -2.17. The first-order chi connectivity index (χ1) is 21.7. The third-order valence-corrected chi connectivity index (χ3v) is 7.80. The summed E-state index contributed by atoms with van der Waals surface area (Å²) >= 11 is 0. The Labute approximate surface area is 265 Å². The van der Waals surface area contributed by atoms with E-state index in [0.717, 1.165) is 7.11 Å². The highest BCUT2D eigenvalue weighted by atomic mass is 32.2. The molecular weight excluding hydrogens is 618 g/mol. The normalized spacial score (nSPS) is 15.8. The summed E-state index contributed by atoms with van der Waals surface area (Å²) in [7, 11) is -3.14. The number of oxime groups is 1. The molecular formula is C30H35N7O8S. The Kier molecular flexibility index (Phi) is 10.5. The Balaban J connectivity index is 1.29. The molecule has 2 aromatic carbocycles. The van der Waals surface area contributed by atoms with Gasteiger partial charge in [0.25, 0.3) is 10.0 Å². The number of imidazole rings is 1. The van der Waals surface area contributed by atoms with Gasteiger partial charge in [0.15, 0.2) is 5.03 Å². The highest BCUT2D eigenvalue weighted by Gasteiger charge is 2.30. The van der Waals surface area contributed by atoms with E-state index >= 15 is 0 Å². The first-order valence-electron chi connectivity index (χ1n) is 14.1. The molecule has 1 aromatic heterocycles. The Hall–Kier alpha value is -5.09. The summed E-state index contributed by atoms with van der Waals surface area (Å²) in [6.45, 7) is 4.79. The number of aromatic nitrogens is 2. The van der Waals surface area contributed by atoms with Crippen molar-refractivity contribution in [3.8, 4) is 5.69 Å². The molecule has 15 nitrogen and oxygen atoms in total.